The van der Waals surface area contributed by atoms with Gasteiger partial charge >= 0.3 is 5.97 Å². The third-order valence-electron chi connectivity index (χ3n) is 11.5. The highest BCUT2D eigenvalue weighted by molar-refractivity contribution is 6.41. The van der Waals surface area contributed by atoms with Gasteiger partial charge in [0.25, 0.3) is 0 Å². The Morgan fingerprint density at radius 1 is 0.709 bits per heavy atom. The number of aromatic nitrogens is 1. The van der Waals surface area contributed by atoms with E-state index in [9.17, 15) is 15.2 Å². The van der Waals surface area contributed by atoms with Gasteiger partial charge in [0.1, 0.15) is 11.6 Å². The van der Waals surface area contributed by atoms with Gasteiger partial charge in [0, 0.05) is 45.2 Å². The highest BCUT2D eigenvalue weighted by Gasteiger charge is 2.26. The van der Waals surface area contributed by atoms with Crippen LogP contribution in [0.3, 0.4) is 0 Å². The van der Waals surface area contributed by atoms with Crippen LogP contribution in [0.2, 0.25) is 0 Å². The van der Waals surface area contributed by atoms with Crippen LogP contribution in [0, 0.1) is 17.2 Å². The van der Waals surface area contributed by atoms with Crippen LogP contribution in [0.15, 0.2) is 139 Å². The SMILES string of the molecule is CCCCC(CC)Cn1c2cc(/C=C(\C#N)C(=O)O)c3cccc4c5cccc6c(-c7ccc(N(c8ccccc8)c8ccccc8)cc7)cc1c(c65)c2c34. The molecule has 0 saturated heterocycles. The minimum absolute atomic E-state index is 0.272. The lowest BCUT2D eigenvalue weighted by Crippen LogP contribution is -2.10. The van der Waals surface area contributed by atoms with Crippen LogP contribution >= 0.6 is 0 Å². The lowest BCUT2D eigenvalue weighted by molar-refractivity contribution is -0.132. The van der Waals surface area contributed by atoms with E-state index < -0.39 is 5.97 Å². The molecule has 9 aromatic rings. The molecule has 0 spiro atoms. The number of aliphatic carboxylic acids is 1. The van der Waals surface area contributed by atoms with Crippen molar-refractivity contribution in [2.75, 3.05) is 4.90 Å². The van der Waals surface area contributed by atoms with Crippen molar-refractivity contribution in [1.82, 2.24) is 4.57 Å². The van der Waals surface area contributed by atoms with Crippen molar-refractivity contribution >= 4 is 83.2 Å². The molecule has 1 N–H and O–H groups in total. The number of rotatable bonds is 12. The third-order valence-corrected chi connectivity index (χ3v) is 11.5. The maximum atomic E-state index is 12.1. The van der Waals surface area contributed by atoms with Gasteiger partial charge in [0.2, 0.25) is 0 Å². The number of carboxylic acid groups (broad SMARTS) is 1. The molecule has 0 saturated carbocycles. The number of hydrogen-bond acceptors (Lipinski definition) is 3. The van der Waals surface area contributed by atoms with Gasteiger partial charge in [-0.1, -0.05) is 118 Å². The van der Waals surface area contributed by atoms with Crippen LogP contribution < -0.4 is 4.90 Å². The van der Waals surface area contributed by atoms with E-state index in [1.165, 1.54) is 44.4 Å². The second kappa shape index (κ2) is 14.0. The van der Waals surface area contributed by atoms with E-state index in [-0.39, 0.29) is 5.57 Å². The standard InChI is InChI=1S/C50H41N3O2/c1-3-5-14-32(4-2)31-52-44-28-34(27-35(30-51)50(54)55)39-19-12-20-40-41-21-13-22-42-43(29-45(52)49(47(41)42)48(44)46(39)40)33-23-25-38(26-24-33)53(36-15-8-6-9-16-36)37-17-10-7-11-18-37/h6-13,15-29,32H,3-5,14,31H2,1-2H3,(H,54,55)/b35-27+. The lowest BCUT2D eigenvalue weighted by atomic mass is 9.86. The molecule has 8 aromatic carbocycles. The van der Waals surface area contributed by atoms with Crippen molar-refractivity contribution in [3.63, 3.8) is 0 Å². The summed E-state index contributed by atoms with van der Waals surface area (Å²) in [6, 6.07) is 49.3. The normalized spacial score (nSPS) is 12.7. The van der Waals surface area contributed by atoms with E-state index >= 15 is 0 Å². The molecule has 268 valence electrons. The number of para-hydroxylation sites is 2. The molecular weight excluding hydrogens is 675 g/mol. The number of benzene rings is 8. The predicted octanol–water partition coefficient (Wildman–Crippen LogP) is 13.5. The molecule has 0 bridgehead atoms. The van der Waals surface area contributed by atoms with E-state index in [1.54, 1.807) is 6.08 Å². The fraction of sp³-hybridized carbons (Fsp3) is 0.160. The number of nitriles is 1. The smallest absolute Gasteiger partial charge is 0.346 e. The number of nitrogens with zero attached hydrogens (tertiary/aromatic N) is 3. The van der Waals surface area contributed by atoms with Gasteiger partial charge in [-0.3, -0.25) is 0 Å². The average Bonchev–Trinajstić information content (AvgIpc) is 3.54. The molecule has 0 radical (unpaired) electrons. The van der Waals surface area contributed by atoms with Crippen molar-refractivity contribution in [2.45, 2.75) is 46.1 Å². The first-order valence-electron chi connectivity index (χ1n) is 19.3. The number of hydrogen-bond donors (Lipinski definition) is 1. The summed E-state index contributed by atoms with van der Waals surface area (Å²) in [6.45, 7) is 5.39. The van der Waals surface area contributed by atoms with E-state index in [1.807, 2.05) is 18.2 Å². The van der Waals surface area contributed by atoms with Crippen LogP contribution in [-0.2, 0) is 11.3 Å². The van der Waals surface area contributed by atoms with E-state index in [0.29, 0.717) is 5.92 Å². The third kappa shape index (κ3) is 5.65. The van der Waals surface area contributed by atoms with E-state index in [2.05, 4.69) is 145 Å². The highest BCUT2D eigenvalue weighted by atomic mass is 16.4. The molecule has 0 fully saturated rings. The maximum Gasteiger partial charge on any atom is 0.346 e. The van der Waals surface area contributed by atoms with Gasteiger partial charge in [0.05, 0.1) is 11.0 Å². The number of carboxylic acids is 1. The van der Waals surface area contributed by atoms with Gasteiger partial charge in [-0.2, -0.15) is 5.26 Å². The molecular formula is C50H41N3O2. The number of carbonyl (C=O) groups is 1. The second-order valence-electron chi connectivity index (χ2n) is 14.7. The molecule has 1 atom stereocenters. The predicted molar refractivity (Wildman–Crippen MR) is 229 cm³/mol. The molecule has 9 rings (SSSR count). The average molecular weight is 716 g/mol. The Balaban J connectivity index is 1.32. The Kier molecular flexibility index (Phi) is 8.67. The van der Waals surface area contributed by atoms with Gasteiger partial charge in [-0.25, -0.2) is 4.79 Å². The molecule has 55 heavy (non-hydrogen) atoms. The first-order valence-corrected chi connectivity index (χ1v) is 19.3. The molecule has 5 nitrogen and oxygen atoms in total. The summed E-state index contributed by atoms with van der Waals surface area (Å²) in [5.41, 5.74) is 8.36. The Morgan fingerprint density at radius 3 is 1.85 bits per heavy atom. The van der Waals surface area contributed by atoms with Gasteiger partial charge in [0.15, 0.2) is 0 Å². The van der Waals surface area contributed by atoms with Crippen LogP contribution in [-0.4, -0.2) is 15.6 Å². The minimum Gasteiger partial charge on any atom is -0.477 e. The Hall–Kier alpha value is -6.64. The summed E-state index contributed by atoms with van der Waals surface area (Å²) < 4.78 is 2.50. The van der Waals surface area contributed by atoms with Gasteiger partial charge in [-0.15, -0.1) is 0 Å². The summed E-state index contributed by atoms with van der Waals surface area (Å²) in [7, 11) is 0. The van der Waals surface area contributed by atoms with Crippen molar-refractivity contribution < 1.29 is 9.90 Å². The summed E-state index contributed by atoms with van der Waals surface area (Å²) in [4.78, 5) is 14.4. The van der Waals surface area contributed by atoms with E-state index in [0.717, 1.165) is 75.7 Å². The quantitative estimate of drug-likeness (QED) is 0.0592. The molecule has 1 unspecified atom stereocenters. The number of unbranched alkanes of at least 4 members (excludes halogenated alkanes) is 1. The van der Waals surface area contributed by atoms with Crippen molar-refractivity contribution in [3.05, 3.63) is 145 Å². The van der Waals surface area contributed by atoms with Crippen LogP contribution in [0.4, 0.5) is 17.1 Å². The summed E-state index contributed by atoms with van der Waals surface area (Å²) in [5.74, 6) is -0.739. The molecule has 5 heteroatoms. The van der Waals surface area contributed by atoms with Crippen LogP contribution in [0.25, 0.3) is 71.3 Å². The fourth-order valence-corrected chi connectivity index (χ4v) is 8.88. The van der Waals surface area contributed by atoms with Crippen LogP contribution in [0.1, 0.15) is 45.1 Å². The van der Waals surface area contributed by atoms with Crippen molar-refractivity contribution in [1.29, 1.82) is 5.26 Å². The molecule has 1 heterocycles. The maximum absolute atomic E-state index is 12.1. The Labute approximate surface area is 320 Å². The molecule has 0 aliphatic heterocycles. The number of fused-ring (bicyclic) bond motifs is 1. The summed E-state index contributed by atoms with van der Waals surface area (Å²) in [5, 5.41) is 29.0. The largest absolute Gasteiger partial charge is 0.477 e. The topological polar surface area (TPSA) is 69.3 Å². The first kappa shape index (κ1) is 34.1. The first-order chi connectivity index (χ1) is 27.0. The minimum atomic E-state index is -1.22. The summed E-state index contributed by atoms with van der Waals surface area (Å²) >= 11 is 0. The van der Waals surface area contributed by atoms with Crippen LogP contribution in [0.5, 0.6) is 0 Å². The van der Waals surface area contributed by atoms with Gasteiger partial charge in [-0.05, 0) is 105 Å². The zero-order valence-electron chi connectivity index (χ0n) is 31.1. The van der Waals surface area contributed by atoms with Crippen molar-refractivity contribution in [2.24, 2.45) is 5.92 Å². The van der Waals surface area contributed by atoms with Gasteiger partial charge < -0.3 is 14.6 Å². The molecule has 1 aromatic heterocycles. The number of anilines is 3. The fourth-order valence-electron chi connectivity index (χ4n) is 8.88. The second-order valence-corrected chi connectivity index (χ2v) is 14.7. The van der Waals surface area contributed by atoms with E-state index in [4.69, 9.17) is 0 Å². The zero-order valence-corrected chi connectivity index (χ0v) is 31.1. The Morgan fingerprint density at radius 2 is 1.27 bits per heavy atom. The molecule has 0 aliphatic carbocycles. The Bertz CT molecular complexity index is 2860. The molecule has 0 amide bonds. The monoisotopic (exact) mass is 715 g/mol. The highest BCUT2D eigenvalue weighted by Crippen LogP contribution is 2.50. The summed E-state index contributed by atoms with van der Waals surface area (Å²) in [6.07, 6.45) is 6.09. The van der Waals surface area contributed by atoms with Crippen molar-refractivity contribution in [3.8, 4) is 17.2 Å². The molecule has 0 aliphatic rings. The zero-order chi connectivity index (χ0) is 37.6. The lowest BCUT2D eigenvalue weighted by Gasteiger charge is -2.25.